The Hall–Kier alpha value is -3.98. The van der Waals surface area contributed by atoms with Crippen LogP contribution in [0.5, 0.6) is 0 Å². The molecule has 0 aliphatic carbocycles. The van der Waals surface area contributed by atoms with Gasteiger partial charge in [0, 0.05) is 10.0 Å². The monoisotopic (exact) mass is 494 g/mol. The molecule has 2 heterocycles. The maximum absolute atomic E-state index is 12.9. The molecule has 4 rings (SSSR count). The summed E-state index contributed by atoms with van der Waals surface area (Å²) in [5.74, 6) is -2.12. The van der Waals surface area contributed by atoms with E-state index in [1.54, 1.807) is 49.4 Å². The average molecular weight is 495 g/mol. The SMILES string of the molecule is Cc1ccc(C(=O)O)cc1-c1ccc(/C=C2\C(=O)NC(=O)N(c3ccc(Br)cc3)C2=O)o1. The molecule has 0 radical (unpaired) electrons. The van der Waals surface area contributed by atoms with Gasteiger partial charge in [0.1, 0.15) is 17.1 Å². The molecule has 1 fully saturated rings. The number of aromatic carboxylic acids is 1. The molecule has 32 heavy (non-hydrogen) atoms. The minimum absolute atomic E-state index is 0.104. The number of halogens is 1. The molecule has 4 amide bonds. The van der Waals surface area contributed by atoms with Crippen LogP contribution in [0, 0.1) is 6.92 Å². The summed E-state index contributed by atoms with van der Waals surface area (Å²) >= 11 is 3.29. The van der Waals surface area contributed by atoms with E-state index in [4.69, 9.17) is 4.42 Å². The van der Waals surface area contributed by atoms with E-state index in [-0.39, 0.29) is 16.9 Å². The molecule has 9 heteroatoms. The molecule has 1 aliphatic rings. The predicted octanol–water partition coefficient (Wildman–Crippen LogP) is 4.38. The van der Waals surface area contributed by atoms with Crippen molar-refractivity contribution in [1.29, 1.82) is 0 Å². The van der Waals surface area contributed by atoms with Crippen molar-refractivity contribution in [2.24, 2.45) is 0 Å². The topological polar surface area (TPSA) is 117 Å². The smallest absolute Gasteiger partial charge is 0.335 e. The first kappa shape index (κ1) is 21.3. The first-order chi connectivity index (χ1) is 15.2. The van der Waals surface area contributed by atoms with Gasteiger partial charge in [-0.1, -0.05) is 22.0 Å². The highest BCUT2D eigenvalue weighted by molar-refractivity contribution is 9.10. The fourth-order valence-corrected chi connectivity index (χ4v) is 3.48. The van der Waals surface area contributed by atoms with Crippen molar-refractivity contribution in [2.45, 2.75) is 6.92 Å². The van der Waals surface area contributed by atoms with Crippen LogP contribution in [-0.4, -0.2) is 28.9 Å². The van der Waals surface area contributed by atoms with Gasteiger partial charge in [-0.15, -0.1) is 0 Å². The number of carbonyl (C=O) groups is 4. The third kappa shape index (κ3) is 3.97. The fourth-order valence-electron chi connectivity index (χ4n) is 3.22. The molecule has 0 saturated carbocycles. The Labute approximate surface area is 190 Å². The van der Waals surface area contributed by atoms with E-state index < -0.39 is 23.8 Å². The lowest BCUT2D eigenvalue weighted by atomic mass is 10.0. The number of furan rings is 1. The molecule has 0 spiro atoms. The summed E-state index contributed by atoms with van der Waals surface area (Å²) in [6, 6.07) is 13.4. The van der Waals surface area contributed by atoms with Crippen molar-refractivity contribution >= 4 is 51.5 Å². The highest BCUT2D eigenvalue weighted by atomic mass is 79.9. The van der Waals surface area contributed by atoms with E-state index in [0.717, 1.165) is 14.9 Å². The van der Waals surface area contributed by atoms with Gasteiger partial charge in [-0.25, -0.2) is 14.5 Å². The van der Waals surface area contributed by atoms with Crippen LogP contribution in [0.2, 0.25) is 0 Å². The Kier molecular flexibility index (Phi) is 5.50. The number of rotatable bonds is 4. The van der Waals surface area contributed by atoms with Gasteiger partial charge in [0.2, 0.25) is 0 Å². The average Bonchev–Trinajstić information content (AvgIpc) is 3.21. The number of carboxylic acid groups (broad SMARTS) is 1. The van der Waals surface area contributed by atoms with Crippen molar-refractivity contribution in [3.8, 4) is 11.3 Å². The normalized spacial score (nSPS) is 15.2. The molecule has 0 bridgehead atoms. The Morgan fingerprint density at radius 3 is 2.47 bits per heavy atom. The van der Waals surface area contributed by atoms with Crippen LogP contribution in [0.25, 0.3) is 17.4 Å². The van der Waals surface area contributed by atoms with Crippen LogP contribution in [0.4, 0.5) is 10.5 Å². The lowest BCUT2D eigenvalue weighted by molar-refractivity contribution is -0.122. The van der Waals surface area contributed by atoms with Gasteiger partial charge >= 0.3 is 12.0 Å². The van der Waals surface area contributed by atoms with Crippen LogP contribution in [0.15, 0.2) is 69.1 Å². The number of amides is 4. The number of anilines is 1. The maximum Gasteiger partial charge on any atom is 0.335 e. The second-order valence-electron chi connectivity index (χ2n) is 6.97. The Balaban J connectivity index is 1.69. The van der Waals surface area contributed by atoms with Gasteiger partial charge in [-0.05, 0) is 67.1 Å². The lowest BCUT2D eigenvalue weighted by Crippen LogP contribution is -2.54. The zero-order chi connectivity index (χ0) is 23.0. The van der Waals surface area contributed by atoms with Gasteiger partial charge in [0.15, 0.2) is 0 Å². The molecule has 160 valence electrons. The predicted molar refractivity (Wildman–Crippen MR) is 119 cm³/mol. The van der Waals surface area contributed by atoms with Gasteiger partial charge < -0.3 is 9.52 Å². The highest BCUT2D eigenvalue weighted by Crippen LogP contribution is 2.29. The van der Waals surface area contributed by atoms with Crippen molar-refractivity contribution in [3.05, 3.63) is 81.5 Å². The number of nitrogens with zero attached hydrogens (tertiary/aromatic N) is 1. The third-order valence-electron chi connectivity index (χ3n) is 4.85. The molecule has 1 aliphatic heterocycles. The molecule has 0 unspecified atom stereocenters. The van der Waals surface area contributed by atoms with Crippen LogP contribution >= 0.6 is 15.9 Å². The second-order valence-corrected chi connectivity index (χ2v) is 7.89. The minimum atomic E-state index is -1.07. The first-order valence-electron chi connectivity index (χ1n) is 9.36. The molecule has 0 atom stereocenters. The highest BCUT2D eigenvalue weighted by Gasteiger charge is 2.37. The molecule has 2 aromatic carbocycles. The first-order valence-corrected chi connectivity index (χ1v) is 10.1. The van der Waals surface area contributed by atoms with Gasteiger partial charge in [0.05, 0.1) is 11.3 Å². The number of urea groups is 1. The number of imide groups is 2. The fraction of sp³-hybridized carbons (Fsp3) is 0.0435. The van der Waals surface area contributed by atoms with Gasteiger partial charge in [-0.3, -0.25) is 14.9 Å². The zero-order valence-electron chi connectivity index (χ0n) is 16.6. The summed E-state index contributed by atoms with van der Waals surface area (Å²) in [7, 11) is 0. The molecule has 1 saturated heterocycles. The number of nitrogens with one attached hydrogen (secondary N) is 1. The lowest BCUT2D eigenvalue weighted by Gasteiger charge is -2.26. The molecular formula is C23H15BrN2O6. The van der Waals surface area contributed by atoms with E-state index in [1.165, 1.54) is 18.2 Å². The quantitative estimate of drug-likeness (QED) is 0.410. The molecular weight excluding hydrogens is 480 g/mol. The zero-order valence-corrected chi connectivity index (χ0v) is 18.2. The number of benzene rings is 2. The minimum Gasteiger partial charge on any atom is -0.478 e. The van der Waals surface area contributed by atoms with Crippen LogP contribution < -0.4 is 10.2 Å². The number of carboxylic acids is 1. The summed E-state index contributed by atoms with van der Waals surface area (Å²) in [6.07, 6.45) is 1.25. The maximum atomic E-state index is 12.9. The number of aryl methyl sites for hydroxylation is 1. The number of barbiturate groups is 1. The van der Waals surface area contributed by atoms with E-state index in [9.17, 15) is 24.3 Å². The molecule has 2 N–H and O–H groups in total. The van der Waals surface area contributed by atoms with Crippen LogP contribution in [0.3, 0.4) is 0 Å². The number of carbonyl (C=O) groups excluding carboxylic acids is 3. The second kappa shape index (κ2) is 8.27. The Morgan fingerprint density at radius 1 is 1.06 bits per heavy atom. The molecule has 3 aromatic rings. The van der Waals surface area contributed by atoms with Gasteiger partial charge in [-0.2, -0.15) is 0 Å². The van der Waals surface area contributed by atoms with E-state index in [0.29, 0.717) is 17.0 Å². The number of hydrogen-bond acceptors (Lipinski definition) is 5. The third-order valence-corrected chi connectivity index (χ3v) is 5.38. The summed E-state index contributed by atoms with van der Waals surface area (Å²) in [6.45, 7) is 1.81. The standard InChI is InChI=1S/C23H15BrN2O6/c1-12-2-3-13(22(29)30)10-17(12)19-9-8-16(32-19)11-18-20(27)25-23(31)26(21(18)28)15-6-4-14(24)5-7-15/h2-11H,1H3,(H,29,30)(H,25,27,31)/b18-11+. The summed E-state index contributed by atoms with van der Waals surface area (Å²) in [5, 5.41) is 11.4. The van der Waals surface area contributed by atoms with E-state index in [1.807, 2.05) is 0 Å². The van der Waals surface area contributed by atoms with Crippen LogP contribution in [0.1, 0.15) is 21.7 Å². The largest absolute Gasteiger partial charge is 0.478 e. The Bertz CT molecular complexity index is 1310. The van der Waals surface area contributed by atoms with Crippen molar-refractivity contribution in [3.63, 3.8) is 0 Å². The van der Waals surface area contributed by atoms with Crippen molar-refractivity contribution < 1.29 is 28.7 Å². The molecule has 1 aromatic heterocycles. The van der Waals surface area contributed by atoms with Gasteiger partial charge in [0.25, 0.3) is 11.8 Å². The van der Waals surface area contributed by atoms with Crippen LogP contribution in [-0.2, 0) is 9.59 Å². The summed E-state index contributed by atoms with van der Waals surface area (Å²) in [5.41, 5.74) is 1.50. The molecule has 8 nitrogen and oxygen atoms in total. The van der Waals surface area contributed by atoms with Crippen molar-refractivity contribution in [2.75, 3.05) is 4.90 Å². The number of hydrogen-bond donors (Lipinski definition) is 2. The van der Waals surface area contributed by atoms with E-state index in [2.05, 4.69) is 21.2 Å². The summed E-state index contributed by atoms with van der Waals surface area (Å²) < 4.78 is 6.52. The van der Waals surface area contributed by atoms with Crippen molar-refractivity contribution in [1.82, 2.24) is 5.32 Å². The van der Waals surface area contributed by atoms with E-state index >= 15 is 0 Å². The Morgan fingerprint density at radius 2 is 1.78 bits per heavy atom. The summed E-state index contributed by atoms with van der Waals surface area (Å²) in [4.78, 5) is 49.7.